The lowest BCUT2D eigenvalue weighted by molar-refractivity contribution is -0.132. The number of halogens is 1. The molecule has 1 heterocycles. The van der Waals surface area contributed by atoms with Crippen molar-refractivity contribution in [3.8, 4) is 5.75 Å². The molecule has 126 valence electrons. The van der Waals surface area contributed by atoms with Gasteiger partial charge in [-0.2, -0.15) is 0 Å². The van der Waals surface area contributed by atoms with Crippen LogP contribution in [-0.4, -0.2) is 11.5 Å². The number of carbonyl (C=O) groups is 1. The van der Waals surface area contributed by atoms with Gasteiger partial charge in [-0.3, -0.25) is 4.79 Å². The summed E-state index contributed by atoms with van der Waals surface area (Å²) in [7, 11) is 0. The molecule has 0 saturated heterocycles. The van der Waals surface area contributed by atoms with Crippen molar-refractivity contribution in [1.29, 1.82) is 0 Å². The Kier molecular flexibility index (Phi) is 4.05. The molecule has 1 unspecified atom stereocenters. The van der Waals surface area contributed by atoms with E-state index in [4.69, 9.17) is 10.5 Å². The fourth-order valence-electron chi connectivity index (χ4n) is 2.82. The molecule has 2 aromatic rings. The van der Waals surface area contributed by atoms with Gasteiger partial charge in [0.1, 0.15) is 11.6 Å². The van der Waals surface area contributed by atoms with E-state index in [1.54, 1.807) is 36.9 Å². The molecule has 0 aliphatic carbocycles. The fraction of sp³-hybridized carbons (Fsp3) is 0.316. The number of rotatable bonds is 3. The molecule has 2 aromatic carbocycles. The molecule has 3 rings (SSSR count). The van der Waals surface area contributed by atoms with Crippen molar-refractivity contribution in [3.63, 3.8) is 0 Å². The molecular weight excluding hydrogens is 307 g/mol. The van der Waals surface area contributed by atoms with Crippen molar-refractivity contribution in [2.24, 2.45) is 5.73 Å². The van der Waals surface area contributed by atoms with E-state index in [-0.39, 0.29) is 24.3 Å². The van der Waals surface area contributed by atoms with Crippen LogP contribution in [-0.2, 0) is 11.3 Å². The van der Waals surface area contributed by atoms with E-state index >= 15 is 0 Å². The van der Waals surface area contributed by atoms with Crippen LogP contribution in [0.25, 0.3) is 0 Å². The first-order valence-electron chi connectivity index (χ1n) is 7.93. The standard InChI is InChI=1S/C19H21FN2O2/c1-12(21)13-8-9-17-16(10-13)22(18(23)19(2,3)24-17)11-14-6-4-5-7-15(14)20/h4-10,12H,11,21H2,1-3H3. The fourth-order valence-corrected chi connectivity index (χ4v) is 2.82. The van der Waals surface area contributed by atoms with Crippen LogP contribution in [0.3, 0.4) is 0 Å². The van der Waals surface area contributed by atoms with Gasteiger partial charge in [0.25, 0.3) is 5.91 Å². The molecule has 0 spiro atoms. The molecule has 24 heavy (non-hydrogen) atoms. The van der Waals surface area contributed by atoms with E-state index in [9.17, 15) is 9.18 Å². The van der Waals surface area contributed by atoms with Gasteiger partial charge in [-0.25, -0.2) is 4.39 Å². The largest absolute Gasteiger partial charge is 0.476 e. The maximum atomic E-state index is 14.1. The number of benzene rings is 2. The van der Waals surface area contributed by atoms with Gasteiger partial charge < -0.3 is 15.4 Å². The van der Waals surface area contributed by atoms with Crippen LogP contribution in [0, 0.1) is 5.82 Å². The van der Waals surface area contributed by atoms with Crippen molar-refractivity contribution < 1.29 is 13.9 Å². The Labute approximate surface area is 141 Å². The highest BCUT2D eigenvalue weighted by molar-refractivity contribution is 6.02. The Morgan fingerprint density at radius 1 is 1.25 bits per heavy atom. The van der Waals surface area contributed by atoms with Crippen LogP contribution in [0.5, 0.6) is 5.75 Å². The molecule has 1 aliphatic rings. The van der Waals surface area contributed by atoms with Gasteiger partial charge in [0.2, 0.25) is 0 Å². The summed E-state index contributed by atoms with van der Waals surface area (Å²) in [6, 6.07) is 11.8. The molecule has 1 aliphatic heterocycles. The van der Waals surface area contributed by atoms with Crippen LogP contribution in [0.4, 0.5) is 10.1 Å². The summed E-state index contributed by atoms with van der Waals surface area (Å²) < 4.78 is 19.9. The summed E-state index contributed by atoms with van der Waals surface area (Å²) in [6.07, 6.45) is 0. The maximum Gasteiger partial charge on any atom is 0.271 e. The van der Waals surface area contributed by atoms with Crippen LogP contribution < -0.4 is 15.4 Å². The van der Waals surface area contributed by atoms with Gasteiger partial charge in [0.15, 0.2) is 5.60 Å². The van der Waals surface area contributed by atoms with Crippen LogP contribution >= 0.6 is 0 Å². The van der Waals surface area contributed by atoms with E-state index in [1.807, 2.05) is 25.1 Å². The van der Waals surface area contributed by atoms with Crippen molar-refractivity contribution in [1.82, 2.24) is 0 Å². The van der Waals surface area contributed by atoms with E-state index in [2.05, 4.69) is 0 Å². The summed E-state index contributed by atoms with van der Waals surface area (Å²) in [5, 5.41) is 0. The number of carbonyl (C=O) groups excluding carboxylic acids is 1. The van der Waals surface area contributed by atoms with Gasteiger partial charge in [0.05, 0.1) is 12.2 Å². The predicted molar refractivity (Wildman–Crippen MR) is 91.3 cm³/mol. The monoisotopic (exact) mass is 328 g/mol. The molecule has 0 bridgehead atoms. The average Bonchev–Trinajstić information content (AvgIpc) is 2.52. The average molecular weight is 328 g/mol. The summed E-state index contributed by atoms with van der Waals surface area (Å²) in [4.78, 5) is 14.4. The first kappa shape index (κ1) is 16.5. The van der Waals surface area contributed by atoms with Crippen molar-refractivity contribution >= 4 is 11.6 Å². The summed E-state index contributed by atoms with van der Waals surface area (Å²) in [6.45, 7) is 5.45. The molecule has 0 radical (unpaired) electrons. The first-order valence-corrected chi connectivity index (χ1v) is 7.93. The number of anilines is 1. The third kappa shape index (κ3) is 2.87. The highest BCUT2D eigenvalue weighted by Crippen LogP contribution is 2.40. The van der Waals surface area contributed by atoms with Crippen LogP contribution in [0.2, 0.25) is 0 Å². The molecule has 0 saturated carbocycles. The molecule has 0 aromatic heterocycles. The number of fused-ring (bicyclic) bond motifs is 1. The van der Waals surface area contributed by atoms with Gasteiger partial charge in [0, 0.05) is 11.6 Å². The minimum atomic E-state index is -1.01. The highest BCUT2D eigenvalue weighted by atomic mass is 19.1. The van der Waals surface area contributed by atoms with Crippen LogP contribution in [0.15, 0.2) is 42.5 Å². The zero-order valence-corrected chi connectivity index (χ0v) is 14.0. The molecule has 4 nitrogen and oxygen atoms in total. The second kappa shape index (κ2) is 5.91. The SMILES string of the molecule is CC(N)c1ccc2c(c1)N(Cc1ccccc1F)C(=O)C(C)(C)O2. The van der Waals surface area contributed by atoms with E-state index in [0.29, 0.717) is 17.0 Å². The van der Waals surface area contributed by atoms with Gasteiger partial charge >= 0.3 is 0 Å². The second-order valence-electron chi connectivity index (χ2n) is 6.61. The molecule has 2 N–H and O–H groups in total. The Morgan fingerprint density at radius 2 is 1.96 bits per heavy atom. The lowest BCUT2D eigenvalue weighted by Gasteiger charge is -2.39. The Hall–Kier alpha value is -2.40. The third-order valence-electron chi connectivity index (χ3n) is 4.21. The number of hydrogen-bond donors (Lipinski definition) is 1. The number of nitrogens with zero attached hydrogens (tertiary/aromatic N) is 1. The molecule has 5 heteroatoms. The second-order valence-corrected chi connectivity index (χ2v) is 6.61. The van der Waals surface area contributed by atoms with Crippen molar-refractivity contribution in [2.75, 3.05) is 4.90 Å². The summed E-state index contributed by atoms with van der Waals surface area (Å²) in [5.74, 6) is 0.0555. The lowest BCUT2D eigenvalue weighted by atomic mass is 10.0. The topological polar surface area (TPSA) is 55.6 Å². The van der Waals surface area contributed by atoms with Crippen LogP contribution in [0.1, 0.15) is 37.9 Å². The smallest absolute Gasteiger partial charge is 0.271 e. The number of hydrogen-bond acceptors (Lipinski definition) is 3. The molecule has 1 atom stereocenters. The van der Waals surface area contributed by atoms with E-state index in [1.165, 1.54) is 6.07 Å². The number of nitrogens with two attached hydrogens (primary N) is 1. The lowest BCUT2D eigenvalue weighted by Crippen LogP contribution is -2.52. The molecular formula is C19H21FN2O2. The van der Waals surface area contributed by atoms with Gasteiger partial charge in [-0.05, 0) is 44.5 Å². The zero-order chi connectivity index (χ0) is 17.5. The highest BCUT2D eigenvalue weighted by Gasteiger charge is 2.41. The molecule has 1 amide bonds. The van der Waals surface area contributed by atoms with Gasteiger partial charge in [-0.1, -0.05) is 24.3 Å². The van der Waals surface area contributed by atoms with Crippen molar-refractivity contribution in [2.45, 2.75) is 39.0 Å². The minimum absolute atomic E-state index is 0.147. The van der Waals surface area contributed by atoms with E-state index in [0.717, 1.165) is 5.56 Å². The third-order valence-corrected chi connectivity index (χ3v) is 4.21. The number of amides is 1. The summed E-state index contributed by atoms with van der Waals surface area (Å²) >= 11 is 0. The zero-order valence-electron chi connectivity index (χ0n) is 14.0. The Bertz CT molecular complexity index is 787. The Balaban J connectivity index is 2.08. The predicted octanol–water partition coefficient (Wildman–Crippen LogP) is 3.55. The maximum absolute atomic E-state index is 14.1. The normalized spacial score (nSPS) is 17.2. The minimum Gasteiger partial charge on any atom is -0.476 e. The quantitative estimate of drug-likeness (QED) is 0.937. The molecule has 0 fully saturated rings. The summed E-state index contributed by atoms with van der Waals surface area (Å²) in [5.41, 5.74) is 6.92. The van der Waals surface area contributed by atoms with Crippen molar-refractivity contribution in [3.05, 3.63) is 59.4 Å². The number of ether oxygens (including phenoxy) is 1. The van der Waals surface area contributed by atoms with E-state index < -0.39 is 5.60 Å². The van der Waals surface area contributed by atoms with Gasteiger partial charge in [-0.15, -0.1) is 0 Å². The first-order chi connectivity index (χ1) is 11.3. The Morgan fingerprint density at radius 3 is 2.62 bits per heavy atom.